The normalized spacial score (nSPS) is 18.6. The van der Waals surface area contributed by atoms with Gasteiger partial charge in [-0.2, -0.15) is 0 Å². The van der Waals surface area contributed by atoms with E-state index in [4.69, 9.17) is 4.42 Å². The van der Waals surface area contributed by atoms with E-state index in [1.54, 1.807) is 21.9 Å². The van der Waals surface area contributed by atoms with E-state index in [1.165, 1.54) is 11.2 Å². The molecule has 1 aromatic rings. The zero-order chi connectivity index (χ0) is 15.5. The second kappa shape index (κ2) is 6.21. The fraction of sp³-hybridized carbons (Fsp3) is 0.533. The number of likely N-dealkylation sites (tertiary alicyclic amines) is 1. The Labute approximate surface area is 128 Å². The molecule has 0 atom stereocenters. The SMILES string of the molecule is O=C(C(=O)N1CCN(C(=O)c2ccco2)CC1)N1CCCC1. The van der Waals surface area contributed by atoms with Gasteiger partial charge in [-0.1, -0.05) is 0 Å². The summed E-state index contributed by atoms with van der Waals surface area (Å²) in [5.41, 5.74) is 0. The lowest BCUT2D eigenvalue weighted by Crippen LogP contribution is -2.54. The summed E-state index contributed by atoms with van der Waals surface area (Å²) in [5.74, 6) is -0.744. The van der Waals surface area contributed by atoms with Crippen LogP contribution in [0, 0.1) is 0 Å². The Morgan fingerprint density at radius 2 is 1.36 bits per heavy atom. The van der Waals surface area contributed by atoms with Crippen molar-refractivity contribution in [1.82, 2.24) is 14.7 Å². The molecule has 0 spiro atoms. The molecule has 0 unspecified atom stereocenters. The molecule has 3 rings (SSSR count). The van der Waals surface area contributed by atoms with Crippen LogP contribution in [0.4, 0.5) is 0 Å². The van der Waals surface area contributed by atoms with E-state index in [0.717, 1.165) is 12.8 Å². The van der Waals surface area contributed by atoms with Crippen molar-refractivity contribution in [1.29, 1.82) is 0 Å². The highest BCUT2D eigenvalue weighted by Gasteiger charge is 2.32. The number of carbonyl (C=O) groups excluding carboxylic acids is 3. The number of hydrogen-bond donors (Lipinski definition) is 0. The minimum atomic E-state index is -0.452. The van der Waals surface area contributed by atoms with Gasteiger partial charge in [0.05, 0.1) is 6.26 Å². The Balaban J connectivity index is 1.54. The maximum atomic E-state index is 12.2. The van der Waals surface area contributed by atoms with Crippen LogP contribution in [-0.4, -0.2) is 71.7 Å². The molecule has 0 N–H and O–H groups in total. The fourth-order valence-electron chi connectivity index (χ4n) is 2.86. The third kappa shape index (κ3) is 2.84. The number of rotatable bonds is 1. The van der Waals surface area contributed by atoms with Gasteiger partial charge in [0.25, 0.3) is 5.91 Å². The van der Waals surface area contributed by atoms with Crippen molar-refractivity contribution in [2.24, 2.45) is 0 Å². The average molecular weight is 305 g/mol. The first-order chi connectivity index (χ1) is 10.7. The quantitative estimate of drug-likeness (QED) is 0.694. The lowest BCUT2D eigenvalue weighted by Gasteiger charge is -2.34. The summed E-state index contributed by atoms with van der Waals surface area (Å²) < 4.78 is 5.10. The van der Waals surface area contributed by atoms with Crippen molar-refractivity contribution in [2.45, 2.75) is 12.8 Å². The van der Waals surface area contributed by atoms with Crippen molar-refractivity contribution in [3.05, 3.63) is 24.2 Å². The maximum Gasteiger partial charge on any atom is 0.312 e. The molecule has 7 nitrogen and oxygen atoms in total. The van der Waals surface area contributed by atoms with Crippen LogP contribution < -0.4 is 0 Å². The van der Waals surface area contributed by atoms with Crippen molar-refractivity contribution in [3.63, 3.8) is 0 Å². The molecule has 22 heavy (non-hydrogen) atoms. The van der Waals surface area contributed by atoms with Gasteiger partial charge in [0, 0.05) is 39.3 Å². The number of furan rings is 1. The molecule has 2 saturated heterocycles. The van der Waals surface area contributed by atoms with Crippen LogP contribution in [0.5, 0.6) is 0 Å². The van der Waals surface area contributed by atoms with E-state index < -0.39 is 11.8 Å². The molecular formula is C15H19N3O4. The Morgan fingerprint density at radius 1 is 0.818 bits per heavy atom. The number of nitrogens with zero attached hydrogens (tertiary/aromatic N) is 3. The van der Waals surface area contributed by atoms with Crippen LogP contribution >= 0.6 is 0 Å². The molecule has 3 heterocycles. The molecule has 2 fully saturated rings. The highest BCUT2D eigenvalue weighted by Crippen LogP contribution is 2.12. The number of piperazine rings is 1. The first-order valence-corrected chi connectivity index (χ1v) is 7.58. The summed E-state index contributed by atoms with van der Waals surface area (Å²) in [6, 6.07) is 3.29. The number of carbonyl (C=O) groups is 3. The van der Waals surface area contributed by atoms with Gasteiger partial charge in [0.1, 0.15) is 0 Å². The highest BCUT2D eigenvalue weighted by atomic mass is 16.3. The molecule has 0 radical (unpaired) electrons. The lowest BCUT2D eigenvalue weighted by molar-refractivity contribution is -0.152. The first-order valence-electron chi connectivity index (χ1n) is 7.58. The topological polar surface area (TPSA) is 74.1 Å². The molecule has 0 aromatic carbocycles. The summed E-state index contributed by atoms with van der Waals surface area (Å²) in [4.78, 5) is 41.2. The monoisotopic (exact) mass is 305 g/mol. The molecule has 0 bridgehead atoms. The summed E-state index contributed by atoms with van der Waals surface area (Å²) in [6.45, 7) is 2.93. The molecule has 1 aromatic heterocycles. The van der Waals surface area contributed by atoms with Crippen molar-refractivity contribution in [3.8, 4) is 0 Å². The van der Waals surface area contributed by atoms with Crippen LogP contribution in [0.25, 0.3) is 0 Å². The molecule has 2 aliphatic heterocycles. The Bertz CT molecular complexity index is 555. The van der Waals surface area contributed by atoms with Gasteiger partial charge in [0.2, 0.25) is 0 Å². The maximum absolute atomic E-state index is 12.2. The Morgan fingerprint density at radius 3 is 1.91 bits per heavy atom. The van der Waals surface area contributed by atoms with Crippen LogP contribution in [0.15, 0.2) is 22.8 Å². The van der Waals surface area contributed by atoms with E-state index >= 15 is 0 Å². The molecular weight excluding hydrogens is 286 g/mol. The van der Waals surface area contributed by atoms with Crippen molar-refractivity contribution >= 4 is 17.7 Å². The van der Waals surface area contributed by atoms with E-state index in [-0.39, 0.29) is 5.91 Å². The summed E-state index contributed by atoms with van der Waals surface area (Å²) >= 11 is 0. The van der Waals surface area contributed by atoms with Gasteiger partial charge in [-0.3, -0.25) is 14.4 Å². The van der Waals surface area contributed by atoms with E-state index in [0.29, 0.717) is 45.0 Å². The van der Waals surface area contributed by atoms with Gasteiger partial charge in [-0.05, 0) is 25.0 Å². The van der Waals surface area contributed by atoms with Gasteiger partial charge < -0.3 is 19.1 Å². The summed E-state index contributed by atoms with van der Waals surface area (Å²) in [6.07, 6.45) is 3.39. The van der Waals surface area contributed by atoms with E-state index in [1.807, 2.05) is 0 Å². The van der Waals surface area contributed by atoms with Crippen molar-refractivity contribution in [2.75, 3.05) is 39.3 Å². The molecule has 0 saturated carbocycles. The average Bonchev–Trinajstić information content (AvgIpc) is 3.26. The zero-order valence-electron chi connectivity index (χ0n) is 12.4. The minimum Gasteiger partial charge on any atom is -0.459 e. The third-order valence-corrected chi connectivity index (χ3v) is 4.16. The first kappa shape index (κ1) is 14.6. The molecule has 2 aliphatic rings. The van der Waals surface area contributed by atoms with Crippen LogP contribution in [0.3, 0.4) is 0 Å². The number of amides is 3. The third-order valence-electron chi connectivity index (χ3n) is 4.16. The minimum absolute atomic E-state index is 0.178. The lowest BCUT2D eigenvalue weighted by atomic mass is 10.2. The van der Waals surface area contributed by atoms with E-state index in [2.05, 4.69) is 0 Å². The smallest absolute Gasteiger partial charge is 0.312 e. The van der Waals surface area contributed by atoms with Crippen molar-refractivity contribution < 1.29 is 18.8 Å². The van der Waals surface area contributed by atoms with E-state index in [9.17, 15) is 14.4 Å². The molecule has 3 amide bonds. The standard InChI is InChI=1S/C15H19N3O4/c19-13(12-4-3-11-22-12)17-7-9-18(10-8-17)15(21)14(20)16-5-1-2-6-16/h3-4,11H,1-2,5-10H2. The van der Waals surface area contributed by atoms with Crippen LogP contribution in [0.1, 0.15) is 23.4 Å². The van der Waals surface area contributed by atoms with Crippen LogP contribution in [-0.2, 0) is 9.59 Å². The zero-order valence-corrected chi connectivity index (χ0v) is 12.4. The Hall–Kier alpha value is -2.31. The molecule has 7 heteroatoms. The van der Waals surface area contributed by atoms with Gasteiger partial charge in [-0.15, -0.1) is 0 Å². The second-order valence-corrected chi connectivity index (χ2v) is 5.56. The summed E-state index contributed by atoms with van der Waals surface area (Å²) in [7, 11) is 0. The number of hydrogen-bond acceptors (Lipinski definition) is 4. The largest absolute Gasteiger partial charge is 0.459 e. The predicted octanol–water partition coefficient (Wildman–Crippen LogP) is 0.186. The summed E-state index contributed by atoms with van der Waals surface area (Å²) in [5, 5.41) is 0. The fourth-order valence-corrected chi connectivity index (χ4v) is 2.86. The van der Waals surface area contributed by atoms with Gasteiger partial charge in [-0.25, -0.2) is 0 Å². The van der Waals surface area contributed by atoms with Crippen LogP contribution in [0.2, 0.25) is 0 Å². The molecule has 118 valence electrons. The highest BCUT2D eigenvalue weighted by molar-refractivity contribution is 6.35. The Kier molecular flexibility index (Phi) is 4.13. The second-order valence-electron chi connectivity index (χ2n) is 5.56. The molecule has 0 aliphatic carbocycles. The van der Waals surface area contributed by atoms with Gasteiger partial charge >= 0.3 is 11.8 Å². The predicted molar refractivity (Wildman–Crippen MR) is 77.0 cm³/mol. The van der Waals surface area contributed by atoms with Gasteiger partial charge in [0.15, 0.2) is 5.76 Å².